The number of carbonyl (C=O) groups is 2. The Balaban J connectivity index is 1.61. The molecule has 2 heterocycles. The minimum atomic E-state index is 0.00400. The molecule has 1 unspecified atom stereocenters. The Labute approximate surface area is 139 Å². The molecule has 1 N–H and O–H groups in total. The SMILES string of the molecule is C=C1C=CC(=O)N1CCCCNC(=O)N1CCC(C(C)(C)C)C1. The Morgan fingerprint density at radius 1 is 1.35 bits per heavy atom. The van der Waals surface area contributed by atoms with E-state index < -0.39 is 0 Å². The quantitative estimate of drug-likeness (QED) is 0.792. The van der Waals surface area contributed by atoms with Crippen LogP contribution in [0.4, 0.5) is 4.79 Å². The van der Waals surface area contributed by atoms with Crippen molar-refractivity contribution in [3.8, 4) is 0 Å². The molecule has 5 heteroatoms. The third kappa shape index (κ3) is 4.60. The molecule has 0 aromatic rings. The molecule has 128 valence electrons. The van der Waals surface area contributed by atoms with E-state index >= 15 is 0 Å². The number of allylic oxidation sites excluding steroid dienone is 1. The molecule has 23 heavy (non-hydrogen) atoms. The zero-order valence-corrected chi connectivity index (χ0v) is 14.6. The lowest BCUT2D eigenvalue weighted by Gasteiger charge is -2.27. The van der Waals surface area contributed by atoms with Crippen molar-refractivity contribution in [2.45, 2.75) is 40.0 Å². The molecule has 0 aliphatic carbocycles. The van der Waals surface area contributed by atoms with Crippen LogP contribution in [0.2, 0.25) is 0 Å². The molecule has 5 nitrogen and oxygen atoms in total. The highest BCUT2D eigenvalue weighted by Crippen LogP contribution is 2.33. The van der Waals surface area contributed by atoms with Gasteiger partial charge in [0, 0.05) is 38.0 Å². The molecule has 0 aromatic carbocycles. The van der Waals surface area contributed by atoms with E-state index in [4.69, 9.17) is 0 Å². The van der Waals surface area contributed by atoms with Gasteiger partial charge in [0.1, 0.15) is 0 Å². The third-order valence-electron chi connectivity index (χ3n) is 4.82. The van der Waals surface area contributed by atoms with Crippen molar-refractivity contribution in [3.05, 3.63) is 24.4 Å². The molecule has 0 radical (unpaired) electrons. The average Bonchev–Trinajstić information content (AvgIpc) is 3.07. The van der Waals surface area contributed by atoms with E-state index in [1.165, 1.54) is 0 Å². The zero-order chi connectivity index (χ0) is 17.0. The maximum Gasteiger partial charge on any atom is 0.317 e. The van der Waals surface area contributed by atoms with Gasteiger partial charge in [-0.25, -0.2) is 4.79 Å². The lowest BCUT2D eigenvalue weighted by molar-refractivity contribution is -0.123. The van der Waals surface area contributed by atoms with Crippen LogP contribution in [0.25, 0.3) is 0 Å². The molecule has 1 atom stereocenters. The van der Waals surface area contributed by atoms with Gasteiger partial charge < -0.3 is 15.1 Å². The monoisotopic (exact) mass is 319 g/mol. The van der Waals surface area contributed by atoms with Gasteiger partial charge in [-0.15, -0.1) is 0 Å². The molecular formula is C18H29N3O2. The second kappa shape index (κ2) is 7.20. The van der Waals surface area contributed by atoms with E-state index in [1.54, 1.807) is 17.1 Å². The maximum absolute atomic E-state index is 12.2. The first-order valence-electron chi connectivity index (χ1n) is 8.50. The van der Waals surface area contributed by atoms with E-state index in [0.717, 1.165) is 38.0 Å². The van der Waals surface area contributed by atoms with Crippen LogP contribution >= 0.6 is 0 Å². The highest BCUT2D eigenvalue weighted by Gasteiger charge is 2.33. The Hall–Kier alpha value is -1.78. The summed E-state index contributed by atoms with van der Waals surface area (Å²) in [4.78, 5) is 27.3. The highest BCUT2D eigenvalue weighted by molar-refractivity contribution is 5.92. The summed E-state index contributed by atoms with van der Waals surface area (Å²) in [6.07, 6.45) is 6.09. The van der Waals surface area contributed by atoms with Gasteiger partial charge in [-0.2, -0.15) is 0 Å². The predicted molar refractivity (Wildman–Crippen MR) is 91.8 cm³/mol. The van der Waals surface area contributed by atoms with Crippen LogP contribution in [0.3, 0.4) is 0 Å². The summed E-state index contributed by atoms with van der Waals surface area (Å²) < 4.78 is 0. The Bertz CT molecular complexity index is 487. The summed E-state index contributed by atoms with van der Waals surface area (Å²) in [5, 5.41) is 2.99. The molecule has 0 aromatic heterocycles. The standard InChI is InChI=1S/C18H29N3O2/c1-14-7-8-16(22)21(14)11-6-5-10-19-17(23)20-12-9-15(13-20)18(2,3)4/h7-8,15H,1,5-6,9-13H2,2-4H3,(H,19,23). The third-order valence-corrected chi connectivity index (χ3v) is 4.82. The van der Waals surface area contributed by atoms with Crippen molar-refractivity contribution in [3.63, 3.8) is 0 Å². The molecule has 2 aliphatic heterocycles. The number of nitrogens with one attached hydrogen (secondary N) is 1. The number of rotatable bonds is 5. The van der Waals surface area contributed by atoms with Crippen molar-refractivity contribution < 1.29 is 9.59 Å². The van der Waals surface area contributed by atoms with Crippen molar-refractivity contribution in [1.82, 2.24) is 15.1 Å². The highest BCUT2D eigenvalue weighted by atomic mass is 16.2. The Morgan fingerprint density at radius 2 is 2.09 bits per heavy atom. The molecular weight excluding hydrogens is 290 g/mol. The Morgan fingerprint density at radius 3 is 2.65 bits per heavy atom. The molecule has 3 amide bonds. The molecule has 2 rings (SSSR count). The minimum absolute atomic E-state index is 0.00400. The van der Waals surface area contributed by atoms with Gasteiger partial charge >= 0.3 is 6.03 Å². The normalized spacial score (nSPS) is 21.4. The number of unbranched alkanes of at least 4 members (excludes halogenated alkanes) is 1. The molecule has 1 fully saturated rings. The second-order valence-electron chi connectivity index (χ2n) is 7.55. The van der Waals surface area contributed by atoms with Gasteiger partial charge in [-0.05, 0) is 36.7 Å². The number of carbonyl (C=O) groups excluding carboxylic acids is 2. The fourth-order valence-corrected chi connectivity index (χ4v) is 3.10. The summed E-state index contributed by atoms with van der Waals surface area (Å²) in [5.74, 6) is 0.581. The van der Waals surface area contributed by atoms with Crippen LogP contribution < -0.4 is 5.32 Å². The van der Waals surface area contributed by atoms with Gasteiger partial charge in [0.15, 0.2) is 0 Å². The topological polar surface area (TPSA) is 52.7 Å². The van der Waals surface area contributed by atoms with E-state index in [1.807, 2.05) is 4.90 Å². The lowest BCUT2D eigenvalue weighted by atomic mass is 9.80. The first kappa shape index (κ1) is 17.6. The van der Waals surface area contributed by atoms with Crippen LogP contribution in [-0.2, 0) is 4.79 Å². The summed E-state index contributed by atoms with van der Waals surface area (Å²) in [6, 6.07) is 0.0417. The average molecular weight is 319 g/mol. The lowest BCUT2D eigenvalue weighted by Crippen LogP contribution is -2.39. The predicted octanol–water partition coefficient (Wildman–Crippen LogP) is 2.76. The van der Waals surface area contributed by atoms with Crippen LogP contribution in [0.5, 0.6) is 0 Å². The van der Waals surface area contributed by atoms with E-state index in [-0.39, 0.29) is 17.4 Å². The van der Waals surface area contributed by atoms with Gasteiger partial charge in [0.05, 0.1) is 0 Å². The van der Waals surface area contributed by atoms with E-state index in [9.17, 15) is 9.59 Å². The van der Waals surface area contributed by atoms with Crippen LogP contribution in [-0.4, -0.2) is 47.9 Å². The van der Waals surface area contributed by atoms with Gasteiger partial charge in [0.25, 0.3) is 5.91 Å². The smallest absolute Gasteiger partial charge is 0.317 e. The first-order valence-corrected chi connectivity index (χ1v) is 8.50. The second-order valence-corrected chi connectivity index (χ2v) is 7.55. The number of hydrogen-bond donors (Lipinski definition) is 1. The molecule has 1 saturated heterocycles. The number of urea groups is 1. The van der Waals surface area contributed by atoms with Crippen molar-refractivity contribution in [1.29, 1.82) is 0 Å². The van der Waals surface area contributed by atoms with Crippen LogP contribution in [0.1, 0.15) is 40.0 Å². The summed E-state index contributed by atoms with van der Waals surface area (Å²) in [5.41, 5.74) is 1.01. The van der Waals surface area contributed by atoms with Crippen molar-refractivity contribution in [2.24, 2.45) is 11.3 Å². The van der Waals surface area contributed by atoms with Crippen LogP contribution in [0, 0.1) is 11.3 Å². The largest absolute Gasteiger partial charge is 0.338 e. The maximum atomic E-state index is 12.2. The molecule has 0 spiro atoms. The van der Waals surface area contributed by atoms with Gasteiger partial charge in [-0.1, -0.05) is 27.4 Å². The number of nitrogens with zero attached hydrogens (tertiary/aromatic N) is 2. The molecule has 0 bridgehead atoms. The number of amides is 3. The number of hydrogen-bond acceptors (Lipinski definition) is 2. The Kier molecular flexibility index (Phi) is 5.50. The summed E-state index contributed by atoms with van der Waals surface area (Å²) in [6.45, 7) is 13.6. The summed E-state index contributed by atoms with van der Waals surface area (Å²) >= 11 is 0. The van der Waals surface area contributed by atoms with Gasteiger partial charge in [-0.3, -0.25) is 4.79 Å². The first-order chi connectivity index (χ1) is 10.8. The van der Waals surface area contributed by atoms with Gasteiger partial charge in [0.2, 0.25) is 0 Å². The zero-order valence-electron chi connectivity index (χ0n) is 14.6. The fraction of sp³-hybridized carbons (Fsp3) is 0.667. The van der Waals surface area contributed by atoms with E-state index in [0.29, 0.717) is 19.0 Å². The fourth-order valence-electron chi connectivity index (χ4n) is 3.10. The van der Waals surface area contributed by atoms with Crippen molar-refractivity contribution in [2.75, 3.05) is 26.2 Å². The summed E-state index contributed by atoms with van der Waals surface area (Å²) in [7, 11) is 0. The van der Waals surface area contributed by atoms with Crippen LogP contribution in [0.15, 0.2) is 24.4 Å². The van der Waals surface area contributed by atoms with Crippen molar-refractivity contribution >= 4 is 11.9 Å². The molecule has 2 aliphatic rings. The molecule has 0 saturated carbocycles. The number of likely N-dealkylation sites (tertiary alicyclic amines) is 1. The minimum Gasteiger partial charge on any atom is -0.338 e. The van der Waals surface area contributed by atoms with E-state index in [2.05, 4.69) is 32.7 Å².